The van der Waals surface area contributed by atoms with Gasteiger partial charge in [-0.05, 0) is 79.4 Å². The van der Waals surface area contributed by atoms with Crippen molar-refractivity contribution in [2.24, 2.45) is 28.6 Å². The Labute approximate surface area is 257 Å². The van der Waals surface area contributed by atoms with E-state index >= 15 is 0 Å². The van der Waals surface area contributed by atoms with Crippen LogP contribution >= 0.6 is 0 Å². The topological polar surface area (TPSA) is 125 Å². The number of hydrogen-bond donors (Lipinski definition) is 4. The Hall–Kier alpha value is -3.30. The molecule has 0 aromatic heterocycles. The lowest BCUT2D eigenvalue weighted by molar-refractivity contribution is -0.201. The predicted octanol–water partition coefficient (Wildman–Crippen LogP) is 4.63. The predicted molar refractivity (Wildman–Crippen MR) is 164 cm³/mol. The lowest BCUT2D eigenvalue weighted by Gasteiger charge is -2.59. The van der Waals surface area contributed by atoms with Gasteiger partial charge in [-0.1, -0.05) is 55.8 Å². The zero-order valence-corrected chi connectivity index (χ0v) is 25.5. The van der Waals surface area contributed by atoms with Crippen molar-refractivity contribution in [1.29, 1.82) is 0 Å². The lowest BCUT2D eigenvalue weighted by Crippen LogP contribution is -2.63. The molecule has 5 aliphatic rings. The van der Waals surface area contributed by atoms with Gasteiger partial charge in [-0.25, -0.2) is 0 Å². The number of ketones is 2. The number of carbonyl (C=O) groups excluding carboxylic acids is 2. The van der Waals surface area contributed by atoms with Crippen LogP contribution in [0.2, 0.25) is 0 Å². The Kier molecular flexibility index (Phi) is 6.94. The summed E-state index contributed by atoms with van der Waals surface area (Å²) in [5.41, 5.74) is 2.16. The number of aliphatic hydroxyl groups excluding tert-OH is 2. The fourth-order valence-corrected chi connectivity index (χ4v) is 9.76. The molecule has 8 nitrogen and oxygen atoms in total. The molecule has 0 unspecified atom stereocenters. The second-order valence-electron chi connectivity index (χ2n) is 13.9. The summed E-state index contributed by atoms with van der Waals surface area (Å²) < 4.78 is 13.3. The number of aromatic hydroxyl groups is 1. The van der Waals surface area contributed by atoms with Gasteiger partial charge in [0.05, 0.1) is 17.9 Å². The first kappa shape index (κ1) is 29.4. The Morgan fingerprint density at radius 1 is 1.11 bits per heavy atom. The number of carbonyl (C=O) groups is 2. The summed E-state index contributed by atoms with van der Waals surface area (Å²) >= 11 is 0. The molecule has 1 aliphatic heterocycles. The molecule has 2 aromatic carbocycles. The van der Waals surface area contributed by atoms with Crippen molar-refractivity contribution < 1.29 is 34.4 Å². The van der Waals surface area contributed by atoms with Gasteiger partial charge in [0.25, 0.3) is 0 Å². The van der Waals surface area contributed by atoms with E-state index in [1.165, 1.54) is 0 Å². The van der Waals surface area contributed by atoms with Gasteiger partial charge < -0.3 is 30.1 Å². The molecule has 7 rings (SSSR count). The monoisotopic (exact) mass is 599 g/mol. The van der Waals surface area contributed by atoms with Gasteiger partial charge in [-0.2, -0.15) is 0 Å². The molecule has 4 N–H and O–H groups in total. The number of hydrogen-bond acceptors (Lipinski definition) is 8. The third-order valence-electron chi connectivity index (χ3n) is 11.8. The second kappa shape index (κ2) is 10.4. The molecule has 9 atom stereocenters. The molecule has 0 bridgehead atoms. The minimum absolute atomic E-state index is 0.00175. The minimum atomic E-state index is -1.37. The van der Waals surface area contributed by atoms with E-state index in [0.29, 0.717) is 24.9 Å². The maximum atomic E-state index is 13.8. The van der Waals surface area contributed by atoms with E-state index < -0.39 is 47.3 Å². The van der Waals surface area contributed by atoms with Gasteiger partial charge in [0, 0.05) is 29.4 Å². The number of nitrogens with one attached hydrogen (secondary N) is 1. The van der Waals surface area contributed by atoms with Gasteiger partial charge in [0.15, 0.2) is 23.5 Å². The van der Waals surface area contributed by atoms with Crippen molar-refractivity contribution in [1.82, 2.24) is 0 Å². The highest BCUT2D eigenvalue weighted by atomic mass is 16.7. The van der Waals surface area contributed by atoms with Gasteiger partial charge in [0.1, 0.15) is 12.4 Å². The van der Waals surface area contributed by atoms with Crippen molar-refractivity contribution in [3.63, 3.8) is 0 Å². The molecule has 0 amide bonds. The molecule has 2 aromatic rings. The first-order chi connectivity index (χ1) is 21.0. The van der Waals surface area contributed by atoms with Gasteiger partial charge in [-0.15, -0.1) is 0 Å². The van der Waals surface area contributed by atoms with Crippen LogP contribution in [0.5, 0.6) is 5.75 Å². The number of rotatable bonds is 6. The largest absolute Gasteiger partial charge is 0.506 e. The number of phenolic OH excluding ortho intramolecular Hbond substituents is 1. The van der Waals surface area contributed by atoms with Crippen molar-refractivity contribution in [2.75, 3.05) is 19.0 Å². The van der Waals surface area contributed by atoms with E-state index in [9.17, 15) is 24.9 Å². The molecule has 8 heteroatoms. The summed E-state index contributed by atoms with van der Waals surface area (Å²) in [6.45, 7) is 3.52. The van der Waals surface area contributed by atoms with Crippen LogP contribution in [0, 0.1) is 28.6 Å². The normalized spacial score (nSPS) is 38.8. The Bertz CT molecular complexity index is 1560. The van der Waals surface area contributed by atoms with Crippen LogP contribution in [0.4, 0.5) is 5.69 Å². The fraction of sp³-hybridized carbons (Fsp3) is 0.500. The van der Waals surface area contributed by atoms with Crippen molar-refractivity contribution in [2.45, 2.75) is 70.1 Å². The van der Waals surface area contributed by atoms with E-state index in [1.54, 1.807) is 25.3 Å². The lowest BCUT2D eigenvalue weighted by atomic mass is 9.46. The SMILES string of the molecule is CNc1cc(Cc2ccc([C@@H]3O[C@@H]4C[C@H]5[C@@H]6CCC7=CC(=O)C=C[C@]7(C)[C@H]6[C@@H](O)C[C@]5(C)[C@]4(C(=O)CO)O3)cc2)ccc1O. The maximum absolute atomic E-state index is 13.8. The third-order valence-corrected chi connectivity index (χ3v) is 11.8. The molecule has 0 spiro atoms. The molecular weight excluding hydrogens is 558 g/mol. The smallest absolute Gasteiger partial charge is 0.193 e. The molecule has 3 saturated carbocycles. The highest BCUT2D eigenvalue weighted by molar-refractivity contribution is 6.01. The van der Waals surface area contributed by atoms with Crippen molar-refractivity contribution in [3.05, 3.63) is 83.0 Å². The molecule has 4 fully saturated rings. The van der Waals surface area contributed by atoms with E-state index in [2.05, 4.69) is 12.2 Å². The Morgan fingerprint density at radius 3 is 2.59 bits per heavy atom. The Morgan fingerprint density at radius 2 is 1.86 bits per heavy atom. The fourth-order valence-electron chi connectivity index (χ4n) is 9.76. The van der Waals surface area contributed by atoms with E-state index in [0.717, 1.165) is 35.1 Å². The van der Waals surface area contributed by atoms with Crippen LogP contribution in [-0.4, -0.2) is 58.3 Å². The number of phenols is 1. The average molecular weight is 600 g/mol. The molecule has 0 radical (unpaired) electrons. The van der Waals surface area contributed by atoms with Gasteiger partial charge >= 0.3 is 0 Å². The molecule has 232 valence electrons. The third kappa shape index (κ3) is 4.11. The van der Waals surface area contributed by atoms with Crippen LogP contribution in [-0.2, 0) is 25.5 Å². The first-order valence-electron chi connectivity index (χ1n) is 15.7. The summed E-state index contributed by atoms with van der Waals surface area (Å²) in [7, 11) is 1.77. The highest BCUT2D eigenvalue weighted by Crippen LogP contribution is 2.70. The number of anilines is 1. The minimum Gasteiger partial charge on any atom is -0.506 e. The zero-order valence-electron chi connectivity index (χ0n) is 25.5. The summed E-state index contributed by atoms with van der Waals surface area (Å²) in [4.78, 5) is 25.9. The van der Waals surface area contributed by atoms with Crippen molar-refractivity contribution >= 4 is 17.3 Å². The molecule has 1 heterocycles. The molecular formula is C36H41NO7. The van der Waals surface area contributed by atoms with Crippen LogP contribution < -0.4 is 5.32 Å². The number of Topliss-reactive ketones (excluding diaryl/α,β-unsaturated/α-hetero) is 1. The van der Waals surface area contributed by atoms with E-state index in [4.69, 9.17) is 9.47 Å². The van der Waals surface area contributed by atoms with Crippen LogP contribution in [0.3, 0.4) is 0 Å². The van der Waals surface area contributed by atoms with Crippen molar-refractivity contribution in [3.8, 4) is 5.75 Å². The quantitative estimate of drug-likeness (QED) is 0.355. The maximum Gasteiger partial charge on any atom is 0.193 e. The standard InChI is InChI=1S/C36H41NO7/c1-34-13-12-24(39)16-23(34)9-10-25-26-17-31-36(30(42)19-38,35(26,2)18-29(41)32(25)34)44-33(43-31)22-7-4-20(5-8-22)14-21-6-11-28(40)27(15-21)37-3/h4-8,11-13,15-16,25-26,29,31-33,37-38,40-41H,9-10,14,17-19H2,1-3H3/t25-,26-,29-,31+,32+,33+,34-,35-,36+/m0/s1. The second-order valence-corrected chi connectivity index (χ2v) is 13.9. The summed E-state index contributed by atoms with van der Waals surface area (Å²) in [6.07, 6.45) is 6.55. The summed E-state index contributed by atoms with van der Waals surface area (Å²) in [5, 5.41) is 35.0. The van der Waals surface area contributed by atoms with Gasteiger partial charge in [0.2, 0.25) is 0 Å². The van der Waals surface area contributed by atoms with E-state index in [-0.39, 0.29) is 29.3 Å². The van der Waals surface area contributed by atoms with Crippen LogP contribution in [0.1, 0.15) is 62.5 Å². The Balaban J connectivity index is 1.16. The zero-order chi connectivity index (χ0) is 31.0. The molecule has 1 saturated heterocycles. The number of aliphatic hydroxyl groups is 2. The van der Waals surface area contributed by atoms with Gasteiger partial charge in [-0.3, -0.25) is 9.59 Å². The first-order valence-corrected chi connectivity index (χ1v) is 15.7. The number of fused-ring (bicyclic) bond motifs is 7. The number of ether oxygens (including phenoxy) is 2. The highest BCUT2D eigenvalue weighted by Gasteiger charge is 2.75. The van der Waals surface area contributed by atoms with E-state index in [1.807, 2.05) is 49.4 Å². The average Bonchev–Trinajstić information content (AvgIpc) is 3.51. The molecule has 4 aliphatic carbocycles. The number of benzene rings is 2. The summed E-state index contributed by atoms with van der Waals surface area (Å²) in [6, 6.07) is 13.4. The molecule has 44 heavy (non-hydrogen) atoms. The number of allylic oxidation sites excluding steroid dienone is 4. The summed E-state index contributed by atoms with van der Waals surface area (Å²) in [5.74, 6) is -0.0968. The van der Waals surface area contributed by atoms with Crippen LogP contribution in [0.15, 0.2) is 66.3 Å². The van der Waals surface area contributed by atoms with Crippen LogP contribution in [0.25, 0.3) is 0 Å².